The summed E-state index contributed by atoms with van der Waals surface area (Å²) in [4.78, 5) is 9.35. The summed E-state index contributed by atoms with van der Waals surface area (Å²) < 4.78 is 16.6. The van der Waals surface area contributed by atoms with Crippen LogP contribution in [0.15, 0.2) is 54.6 Å². The second-order valence-corrected chi connectivity index (χ2v) is 10.3. The lowest BCUT2D eigenvalue weighted by molar-refractivity contribution is 0.350. The quantitative estimate of drug-likeness (QED) is 0.418. The molecule has 30 heavy (non-hydrogen) atoms. The average molecular weight is 447 g/mol. The van der Waals surface area contributed by atoms with E-state index in [1.165, 1.54) is 24.4 Å². The van der Waals surface area contributed by atoms with E-state index in [-0.39, 0.29) is 23.6 Å². The lowest BCUT2D eigenvalue weighted by Gasteiger charge is -2.13. The molecule has 0 aliphatic rings. The summed E-state index contributed by atoms with van der Waals surface area (Å²) in [5.41, 5.74) is 4.45. The summed E-state index contributed by atoms with van der Waals surface area (Å²) >= 11 is 6.33. The van der Waals surface area contributed by atoms with Gasteiger partial charge in [0, 0.05) is 31.1 Å². The number of phenolic OH excluding ortho intramolecular Hbond substituents is 2. The van der Waals surface area contributed by atoms with Crippen molar-refractivity contribution in [1.29, 1.82) is 0 Å². The highest BCUT2D eigenvalue weighted by molar-refractivity contribution is 7.56. The van der Waals surface area contributed by atoms with Gasteiger partial charge in [0.1, 0.15) is 17.2 Å². The van der Waals surface area contributed by atoms with Gasteiger partial charge in [0.05, 0.1) is 5.02 Å². The highest BCUT2D eigenvalue weighted by Crippen LogP contribution is 2.38. The summed E-state index contributed by atoms with van der Waals surface area (Å²) in [5, 5.41) is 20.9. The number of ether oxygens (including phenoxy) is 1. The molecule has 0 amide bonds. The number of hydrogen-bond acceptors (Lipinski definition) is 4. The number of aryl methyl sites for hydroxylation is 1. The third-order valence-electron chi connectivity index (χ3n) is 4.66. The molecule has 3 rings (SSSR count). The van der Waals surface area contributed by atoms with Crippen LogP contribution >= 0.6 is 19.0 Å². The molecule has 0 saturated heterocycles. The molecule has 1 atom stereocenters. The van der Waals surface area contributed by atoms with Crippen molar-refractivity contribution in [3.8, 4) is 17.2 Å². The first kappa shape index (κ1) is 22.2. The van der Waals surface area contributed by atoms with Gasteiger partial charge in [-0.25, -0.2) is 0 Å². The molecule has 0 aliphatic carbocycles. The molecule has 0 fully saturated rings. The van der Waals surface area contributed by atoms with Crippen LogP contribution < -0.4 is 4.74 Å². The minimum Gasteiger partial charge on any atom is -0.508 e. The van der Waals surface area contributed by atoms with Crippen molar-refractivity contribution in [2.75, 3.05) is 13.0 Å². The largest absolute Gasteiger partial charge is 0.508 e. The van der Waals surface area contributed by atoms with Gasteiger partial charge in [0.25, 0.3) is 0 Å². The van der Waals surface area contributed by atoms with Crippen molar-refractivity contribution >= 4 is 19.0 Å². The van der Waals surface area contributed by atoms with Crippen LogP contribution in [-0.4, -0.2) is 28.1 Å². The van der Waals surface area contributed by atoms with E-state index in [9.17, 15) is 19.7 Å². The zero-order chi connectivity index (χ0) is 21.9. The Balaban J connectivity index is 1.80. The van der Waals surface area contributed by atoms with Crippen molar-refractivity contribution in [3.05, 3.63) is 87.4 Å². The zero-order valence-corrected chi connectivity index (χ0v) is 18.5. The molecule has 0 bridgehead atoms. The molecule has 0 aromatic heterocycles. The van der Waals surface area contributed by atoms with E-state index >= 15 is 0 Å². The fourth-order valence-electron chi connectivity index (χ4n) is 3.07. The summed E-state index contributed by atoms with van der Waals surface area (Å²) in [7, 11) is -3.34. The van der Waals surface area contributed by atoms with E-state index in [0.717, 1.165) is 16.7 Å². The molecule has 5 nitrogen and oxygen atoms in total. The Labute approximate surface area is 181 Å². The van der Waals surface area contributed by atoms with E-state index in [1.807, 2.05) is 37.3 Å². The Morgan fingerprint density at radius 2 is 1.60 bits per heavy atom. The molecule has 0 heterocycles. The van der Waals surface area contributed by atoms with Gasteiger partial charge in [-0.15, -0.1) is 0 Å². The Kier molecular flexibility index (Phi) is 6.77. The molecule has 0 saturated carbocycles. The van der Waals surface area contributed by atoms with Gasteiger partial charge < -0.3 is 19.8 Å². The monoisotopic (exact) mass is 446 g/mol. The maximum Gasteiger partial charge on any atom is 0.233 e. The van der Waals surface area contributed by atoms with Crippen molar-refractivity contribution in [2.24, 2.45) is 0 Å². The summed E-state index contributed by atoms with van der Waals surface area (Å²) in [6, 6.07) is 16.3. The topological polar surface area (TPSA) is 87.0 Å². The highest BCUT2D eigenvalue weighted by Gasteiger charge is 2.15. The van der Waals surface area contributed by atoms with Gasteiger partial charge in [0.2, 0.25) is 7.37 Å². The van der Waals surface area contributed by atoms with E-state index in [0.29, 0.717) is 23.4 Å². The lowest BCUT2D eigenvalue weighted by Crippen LogP contribution is -1.99. The SMILES string of the molecule is Cc1ccc(Cc2cc(Cc3c(O)cc(OCP(C)(=O)O)cc3Cl)ccc2O)cc1. The van der Waals surface area contributed by atoms with Gasteiger partial charge in [-0.1, -0.05) is 53.6 Å². The smallest absolute Gasteiger partial charge is 0.233 e. The lowest BCUT2D eigenvalue weighted by atomic mass is 9.97. The van der Waals surface area contributed by atoms with Crippen molar-refractivity contribution in [3.63, 3.8) is 0 Å². The maximum atomic E-state index is 11.4. The van der Waals surface area contributed by atoms with Crippen LogP contribution in [0.5, 0.6) is 17.2 Å². The summed E-state index contributed by atoms with van der Waals surface area (Å²) in [6.45, 7) is 3.22. The van der Waals surface area contributed by atoms with Gasteiger partial charge in [0.15, 0.2) is 6.35 Å². The minimum absolute atomic E-state index is 0.0606. The normalized spacial score (nSPS) is 13.1. The molecule has 158 valence electrons. The van der Waals surface area contributed by atoms with Gasteiger partial charge in [-0.05, 0) is 35.7 Å². The summed E-state index contributed by atoms with van der Waals surface area (Å²) in [6.07, 6.45) is 0.589. The van der Waals surface area contributed by atoms with Crippen molar-refractivity contribution in [1.82, 2.24) is 0 Å². The first-order chi connectivity index (χ1) is 14.1. The van der Waals surface area contributed by atoms with Crippen LogP contribution in [-0.2, 0) is 17.4 Å². The van der Waals surface area contributed by atoms with Crippen LogP contribution in [0, 0.1) is 6.92 Å². The molecule has 3 aromatic carbocycles. The van der Waals surface area contributed by atoms with Gasteiger partial charge >= 0.3 is 0 Å². The van der Waals surface area contributed by atoms with Gasteiger partial charge in [-0.3, -0.25) is 4.57 Å². The van der Waals surface area contributed by atoms with Crippen LogP contribution in [0.1, 0.15) is 27.8 Å². The third kappa shape index (κ3) is 6.02. The summed E-state index contributed by atoms with van der Waals surface area (Å²) in [5.74, 6) is 0.379. The molecular formula is C23H24ClO5P. The maximum absolute atomic E-state index is 11.4. The molecule has 7 heteroatoms. The van der Waals surface area contributed by atoms with Crippen LogP contribution in [0.2, 0.25) is 5.02 Å². The van der Waals surface area contributed by atoms with E-state index < -0.39 is 7.37 Å². The molecule has 0 spiro atoms. The number of aromatic hydroxyl groups is 2. The number of rotatable bonds is 7. The first-order valence-electron chi connectivity index (χ1n) is 9.40. The predicted octanol–water partition coefficient (Wildman–Crippen LogP) is 5.48. The van der Waals surface area contributed by atoms with E-state index in [2.05, 4.69) is 0 Å². The van der Waals surface area contributed by atoms with Crippen molar-refractivity contribution < 1.29 is 24.4 Å². The Hall–Kier alpha value is -2.46. The minimum atomic E-state index is -3.34. The predicted molar refractivity (Wildman–Crippen MR) is 119 cm³/mol. The fraction of sp³-hybridized carbons (Fsp3) is 0.217. The zero-order valence-electron chi connectivity index (χ0n) is 16.8. The highest BCUT2D eigenvalue weighted by atomic mass is 35.5. The van der Waals surface area contributed by atoms with Crippen molar-refractivity contribution in [2.45, 2.75) is 19.8 Å². The second-order valence-electron chi connectivity index (χ2n) is 7.53. The number of phenols is 2. The molecular weight excluding hydrogens is 423 g/mol. The Bertz CT molecular complexity index is 1070. The van der Waals surface area contributed by atoms with Crippen LogP contribution in [0.3, 0.4) is 0 Å². The molecule has 0 aliphatic heterocycles. The number of halogens is 1. The molecule has 1 unspecified atom stereocenters. The van der Waals surface area contributed by atoms with Gasteiger partial charge in [-0.2, -0.15) is 0 Å². The fourth-order valence-corrected chi connectivity index (χ4v) is 3.73. The Morgan fingerprint density at radius 3 is 2.23 bits per heavy atom. The molecule has 3 aromatic rings. The van der Waals surface area contributed by atoms with Crippen LogP contribution in [0.25, 0.3) is 0 Å². The average Bonchev–Trinajstić information content (AvgIpc) is 2.66. The number of hydrogen-bond donors (Lipinski definition) is 3. The Morgan fingerprint density at radius 1 is 0.933 bits per heavy atom. The van der Waals surface area contributed by atoms with Crippen LogP contribution in [0.4, 0.5) is 0 Å². The first-order valence-corrected chi connectivity index (χ1v) is 12.1. The third-order valence-corrected chi connectivity index (χ3v) is 5.60. The van der Waals surface area contributed by atoms with E-state index in [4.69, 9.17) is 16.3 Å². The molecule has 3 N–H and O–H groups in total. The molecule has 0 radical (unpaired) electrons. The van der Waals surface area contributed by atoms with E-state index in [1.54, 1.807) is 12.1 Å². The standard InChI is InChI=1S/C23H24ClO5P/c1-15-3-5-16(6-4-15)9-18-10-17(7-8-22(18)25)11-20-21(24)12-19(13-23(20)26)29-14-30(2,27)28/h3-8,10,12-13,25-26H,9,11,14H2,1-2H3,(H,27,28). The second kappa shape index (κ2) is 9.13. The number of benzene rings is 3.